The van der Waals surface area contributed by atoms with Crippen LogP contribution in [0.4, 0.5) is 5.69 Å². The van der Waals surface area contributed by atoms with Gasteiger partial charge in [-0.15, -0.1) is 5.10 Å². The van der Waals surface area contributed by atoms with Crippen molar-refractivity contribution in [1.29, 1.82) is 0 Å². The summed E-state index contributed by atoms with van der Waals surface area (Å²) in [6.45, 7) is 8.44. The van der Waals surface area contributed by atoms with E-state index in [9.17, 15) is 4.79 Å². The smallest absolute Gasteiger partial charge is 0.225 e. The number of carbonyl (C=O) groups excluding carboxylic acids is 1. The topological polar surface area (TPSA) is 61.4 Å². The molecule has 2 heterocycles. The van der Waals surface area contributed by atoms with Crippen LogP contribution in [0.25, 0.3) is 11.3 Å². The van der Waals surface area contributed by atoms with Gasteiger partial charge in [-0.1, -0.05) is 23.5 Å². The number of hydrogen-bond acceptors (Lipinski definition) is 6. The van der Waals surface area contributed by atoms with E-state index in [2.05, 4.69) is 31.6 Å². The van der Waals surface area contributed by atoms with Gasteiger partial charge in [-0.3, -0.25) is 4.79 Å². The van der Waals surface area contributed by atoms with Gasteiger partial charge >= 0.3 is 0 Å². The van der Waals surface area contributed by atoms with Crippen LogP contribution < -0.4 is 5.32 Å². The minimum Gasteiger partial charge on any atom is -0.326 e. The van der Waals surface area contributed by atoms with Crippen molar-refractivity contribution >= 4 is 23.1 Å². The molecule has 1 N–H and O–H groups in total. The number of anilines is 1. The Bertz CT molecular complexity index is 636. The molecule has 1 aliphatic heterocycles. The zero-order valence-corrected chi connectivity index (χ0v) is 14.8. The first kappa shape index (κ1) is 17.0. The number of carbonyl (C=O) groups is 1. The van der Waals surface area contributed by atoms with Crippen molar-refractivity contribution in [1.82, 2.24) is 19.4 Å². The van der Waals surface area contributed by atoms with E-state index in [1.165, 1.54) is 11.5 Å². The predicted molar refractivity (Wildman–Crippen MR) is 97.1 cm³/mol. The number of hydrogen-bond donors (Lipinski definition) is 1. The van der Waals surface area contributed by atoms with Gasteiger partial charge in [-0.25, -0.2) is 0 Å². The third kappa shape index (κ3) is 4.59. The molecule has 0 atom stereocenters. The van der Waals surface area contributed by atoms with Crippen LogP contribution in [0, 0.1) is 0 Å². The first-order valence-electron chi connectivity index (χ1n) is 8.36. The number of aromatic nitrogens is 2. The van der Waals surface area contributed by atoms with E-state index < -0.39 is 0 Å². The number of piperazine rings is 1. The number of nitrogens with zero attached hydrogens (tertiary/aromatic N) is 4. The van der Waals surface area contributed by atoms with E-state index >= 15 is 0 Å². The fraction of sp³-hybridized carbons (Fsp3) is 0.471. The van der Waals surface area contributed by atoms with Gasteiger partial charge in [0.1, 0.15) is 5.69 Å². The molecule has 1 fully saturated rings. The first-order valence-corrected chi connectivity index (χ1v) is 9.20. The Hall–Kier alpha value is -1.83. The van der Waals surface area contributed by atoms with Crippen LogP contribution in [-0.2, 0) is 4.79 Å². The second-order valence-electron chi connectivity index (χ2n) is 5.94. The summed E-state index contributed by atoms with van der Waals surface area (Å²) in [7, 11) is 0. The van der Waals surface area contributed by atoms with Crippen LogP contribution in [0.1, 0.15) is 13.3 Å². The van der Waals surface area contributed by atoms with Gasteiger partial charge in [0.25, 0.3) is 0 Å². The standard InChI is InChI=1S/C17H23N5OS/c1-2-21-9-11-22(12-10-21)8-7-17(23)18-15-5-3-14(4-6-15)16-13-24-20-19-16/h3-6,13H,2,7-12H2,1H3,(H,18,23). The number of rotatable bonds is 6. The highest BCUT2D eigenvalue weighted by molar-refractivity contribution is 7.03. The molecule has 0 saturated carbocycles. The Balaban J connectivity index is 1.43. The molecule has 128 valence electrons. The van der Waals surface area contributed by atoms with E-state index in [-0.39, 0.29) is 5.91 Å². The number of amides is 1. The Morgan fingerprint density at radius 2 is 1.88 bits per heavy atom. The first-order chi connectivity index (χ1) is 11.7. The van der Waals surface area contributed by atoms with Crippen LogP contribution in [0.5, 0.6) is 0 Å². The van der Waals surface area contributed by atoms with Crippen LogP contribution in [0.15, 0.2) is 29.6 Å². The molecule has 0 spiro atoms. The van der Waals surface area contributed by atoms with Crippen molar-refractivity contribution in [3.05, 3.63) is 29.6 Å². The van der Waals surface area contributed by atoms with Crippen molar-refractivity contribution in [3.8, 4) is 11.3 Å². The quantitative estimate of drug-likeness (QED) is 0.869. The molecular weight excluding hydrogens is 322 g/mol. The lowest BCUT2D eigenvalue weighted by atomic mass is 10.1. The van der Waals surface area contributed by atoms with Gasteiger partial charge in [0.15, 0.2) is 0 Å². The summed E-state index contributed by atoms with van der Waals surface area (Å²) in [4.78, 5) is 16.9. The molecule has 24 heavy (non-hydrogen) atoms. The monoisotopic (exact) mass is 345 g/mol. The molecule has 0 radical (unpaired) electrons. The molecule has 0 aliphatic carbocycles. The molecule has 3 rings (SSSR count). The van der Waals surface area contributed by atoms with E-state index in [1.807, 2.05) is 29.6 Å². The summed E-state index contributed by atoms with van der Waals surface area (Å²) in [6, 6.07) is 7.73. The highest BCUT2D eigenvalue weighted by Gasteiger charge is 2.16. The summed E-state index contributed by atoms with van der Waals surface area (Å²) in [5.74, 6) is 0.0657. The van der Waals surface area contributed by atoms with Crippen molar-refractivity contribution in [2.75, 3.05) is 44.6 Å². The van der Waals surface area contributed by atoms with E-state index in [0.717, 1.165) is 56.2 Å². The summed E-state index contributed by atoms with van der Waals surface area (Å²) in [5, 5.41) is 8.92. The van der Waals surface area contributed by atoms with Crippen molar-refractivity contribution in [3.63, 3.8) is 0 Å². The van der Waals surface area contributed by atoms with Gasteiger partial charge in [-0.05, 0) is 30.2 Å². The average molecular weight is 345 g/mol. The molecule has 1 aliphatic rings. The third-order valence-electron chi connectivity index (χ3n) is 4.39. The molecule has 0 unspecified atom stereocenters. The number of benzene rings is 1. The Morgan fingerprint density at radius 3 is 2.50 bits per heavy atom. The van der Waals surface area contributed by atoms with Crippen molar-refractivity contribution in [2.24, 2.45) is 0 Å². The van der Waals surface area contributed by atoms with Gasteiger partial charge in [0.05, 0.1) is 0 Å². The lowest BCUT2D eigenvalue weighted by Gasteiger charge is -2.33. The Kier molecular flexibility index (Phi) is 5.90. The lowest BCUT2D eigenvalue weighted by Crippen LogP contribution is -2.46. The molecule has 2 aromatic rings. The van der Waals surface area contributed by atoms with Crippen LogP contribution in [-0.4, -0.2) is 64.6 Å². The number of nitrogens with one attached hydrogen (secondary N) is 1. The highest BCUT2D eigenvalue weighted by atomic mass is 32.1. The van der Waals surface area contributed by atoms with Gasteiger partial charge in [0.2, 0.25) is 5.91 Å². The predicted octanol–water partition coefficient (Wildman–Crippen LogP) is 2.17. The Morgan fingerprint density at radius 1 is 1.17 bits per heavy atom. The minimum atomic E-state index is 0.0657. The maximum Gasteiger partial charge on any atom is 0.225 e. The average Bonchev–Trinajstić information content (AvgIpc) is 3.16. The van der Waals surface area contributed by atoms with Crippen LogP contribution >= 0.6 is 11.5 Å². The van der Waals surface area contributed by atoms with Crippen molar-refractivity contribution < 1.29 is 4.79 Å². The molecule has 1 aromatic heterocycles. The molecule has 7 heteroatoms. The summed E-state index contributed by atoms with van der Waals surface area (Å²) in [6.07, 6.45) is 0.532. The normalized spacial score (nSPS) is 16.2. The molecule has 0 bridgehead atoms. The second-order valence-corrected chi connectivity index (χ2v) is 6.55. The number of likely N-dealkylation sites (N-methyl/N-ethyl adjacent to an activating group) is 1. The SMILES string of the molecule is CCN1CCN(CCC(=O)Nc2ccc(-c3csnn3)cc2)CC1. The zero-order valence-electron chi connectivity index (χ0n) is 13.9. The minimum absolute atomic E-state index is 0.0657. The zero-order chi connectivity index (χ0) is 16.8. The van der Waals surface area contributed by atoms with E-state index in [1.54, 1.807) is 0 Å². The maximum atomic E-state index is 12.1. The molecular formula is C17H23N5OS. The summed E-state index contributed by atoms with van der Waals surface area (Å²) < 4.78 is 3.86. The van der Waals surface area contributed by atoms with Crippen LogP contribution in [0.2, 0.25) is 0 Å². The second kappa shape index (κ2) is 8.32. The summed E-state index contributed by atoms with van der Waals surface area (Å²) in [5.41, 5.74) is 2.70. The third-order valence-corrected chi connectivity index (χ3v) is 4.90. The van der Waals surface area contributed by atoms with Gasteiger partial charge in [-0.2, -0.15) is 0 Å². The maximum absolute atomic E-state index is 12.1. The van der Waals surface area contributed by atoms with Crippen molar-refractivity contribution in [2.45, 2.75) is 13.3 Å². The fourth-order valence-electron chi connectivity index (χ4n) is 2.83. The Labute approximate surface area is 146 Å². The fourth-order valence-corrected chi connectivity index (χ4v) is 3.29. The van der Waals surface area contributed by atoms with Gasteiger partial charge < -0.3 is 15.1 Å². The van der Waals surface area contributed by atoms with Gasteiger partial charge in [0, 0.05) is 55.8 Å². The lowest BCUT2D eigenvalue weighted by molar-refractivity contribution is -0.116. The highest BCUT2D eigenvalue weighted by Crippen LogP contribution is 2.20. The van der Waals surface area contributed by atoms with E-state index in [0.29, 0.717) is 6.42 Å². The molecule has 1 saturated heterocycles. The van der Waals surface area contributed by atoms with E-state index in [4.69, 9.17) is 0 Å². The summed E-state index contributed by atoms with van der Waals surface area (Å²) >= 11 is 1.33. The van der Waals surface area contributed by atoms with Crippen LogP contribution in [0.3, 0.4) is 0 Å². The molecule has 6 nitrogen and oxygen atoms in total. The molecule has 1 aromatic carbocycles. The largest absolute Gasteiger partial charge is 0.326 e. The molecule has 1 amide bonds.